The number of hydrogen-bond acceptors (Lipinski definition) is 5. The van der Waals surface area contributed by atoms with Crippen molar-refractivity contribution in [3.05, 3.63) is 6.17 Å². The molecule has 54 valence electrons. The molecule has 12 heavy (non-hydrogen) atoms. The maximum atomic E-state index is 8.57. The molecule has 0 fully saturated rings. The van der Waals surface area contributed by atoms with E-state index in [1.54, 1.807) is 18.2 Å². The fourth-order valence-electron chi connectivity index (χ4n) is 0.660. The normalized spacial score (nSPS) is 13.6. The largest absolute Gasteiger partial charge is 0.330 e. The lowest BCUT2D eigenvalue weighted by Gasteiger charge is -2.03. The zero-order chi connectivity index (χ0) is 9.03. The number of nitriles is 3. The van der Waals surface area contributed by atoms with Crippen LogP contribution < -0.4 is 0 Å². The van der Waals surface area contributed by atoms with Crippen molar-refractivity contribution in [2.45, 2.75) is 0 Å². The van der Waals surface area contributed by atoms with Crippen molar-refractivity contribution in [3.8, 4) is 18.2 Å². The summed E-state index contributed by atoms with van der Waals surface area (Å²) in [5, 5.41) is 25.7. The maximum absolute atomic E-state index is 8.57. The smallest absolute Gasteiger partial charge is 0.193 e. The quantitative estimate of drug-likeness (QED) is 0.506. The van der Waals surface area contributed by atoms with E-state index in [4.69, 9.17) is 15.8 Å². The Bertz CT molecular complexity index is 311. The van der Waals surface area contributed by atoms with Gasteiger partial charge in [-0.25, -0.2) is 0 Å². The maximum Gasteiger partial charge on any atom is 0.330 e. The lowest BCUT2D eigenvalue weighted by atomic mass is 9.91. The minimum absolute atomic E-state index is 0.0602. The molecule has 0 atom stereocenters. The Balaban J connectivity index is 3.07. The van der Waals surface area contributed by atoms with Crippen LogP contribution in [0.1, 0.15) is 0 Å². The fraction of sp³-hybridized carbons (Fsp3) is 0.143. The number of rotatable bonds is 1. The van der Waals surface area contributed by atoms with Crippen LogP contribution in [0.4, 0.5) is 0 Å². The lowest BCUT2D eigenvalue weighted by Crippen LogP contribution is -2.19. The lowest BCUT2D eigenvalue weighted by molar-refractivity contribution is 0.671. The summed E-state index contributed by atoms with van der Waals surface area (Å²) in [4.78, 5) is 7.25. The Morgan fingerprint density at radius 3 is 1.75 bits per heavy atom. The highest BCUT2D eigenvalue weighted by Crippen LogP contribution is 2.30. The van der Waals surface area contributed by atoms with Gasteiger partial charge < -0.3 is 0 Å². The molecule has 0 saturated heterocycles. The molecular weight excluding hydrogens is 154 g/mol. The second-order valence-electron chi connectivity index (χ2n) is 1.97. The zero-order valence-corrected chi connectivity index (χ0v) is 5.89. The molecule has 1 aliphatic heterocycles. The molecule has 1 aliphatic rings. The van der Waals surface area contributed by atoms with E-state index >= 15 is 0 Å². The number of hydrogen-bond donors (Lipinski definition) is 0. The molecule has 0 N–H and O–H groups in total. The van der Waals surface area contributed by atoms with Crippen molar-refractivity contribution in [2.75, 3.05) is 0 Å². The fourth-order valence-corrected chi connectivity index (χ4v) is 0.660. The average molecular weight is 156 g/mol. The molecule has 0 aromatic carbocycles. The molecule has 0 radical (unpaired) electrons. The van der Waals surface area contributed by atoms with Crippen molar-refractivity contribution < 1.29 is 0 Å². The van der Waals surface area contributed by atoms with Gasteiger partial charge >= 0.3 is 5.41 Å². The Kier molecular flexibility index (Phi) is 1.77. The van der Waals surface area contributed by atoms with Gasteiger partial charge in [-0.15, -0.1) is 0 Å². The van der Waals surface area contributed by atoms with Crippen LogP contribution in [-0.2, 0) is 0 Å². The monoisotopic (exact) mass is 156 g/mol. The van der Waals surface area contributed by atoms with Crippen LogP contribution in [-0.4, -0.2) is 12.4 Å². The molecule has 0 unspecified atom stereocenters. The third-order valence-corrected chi connectivity index (χ3v) is 1.30. The van der Waals surface area contributed by atoms with Gasteiger partial charge in [-0.3, -0.25) is 0 Å². The molecule has 1 heterocycles. The van der Waals surface area contributed by atoms with Crippen LogP contribution in [0.15, 0.2) is 9.98 Å². The molecule has 0 aromatic rings. The predicted molar refractivity (Wildman–Crippen MR) is 39.5 cm³/mol. The van der Waals surface area contributed by atoms with Gasteiger partial charge in [0.15, 0.2) is 12.4 Å². The first kappa shape index (κ1) is 7.78. The Hall–Kier alpha value is -2.32. The standard InChI is InChI=1S/C7H2N5/c8-3-7(4-9,5-10)6-11-1-2-12-6/h1-2H/q+1. The summed E-state index contributed by atoms with van der Waals surface area (Å²) in [6.07, 6.45) is 2.60. The van der Waals surface area contributed by atoms with Gasteiger partial charge in [0.05, 0.1) is 0 Å². The minimum Gasteiger partial charge on any atom is -0.193 e. The topological polar surface area (TPSA) is 96.1 Å². The van der Waals surface area contributed by atoms with E-state index in [1.165, 1.54) is 12.4 Å². The summed E-state index contributed by atoms with van der Waals surface area (Å²) in [6, 6.07) is 4.71. The summed E-state index contributed by atoms with van der Waals surface area (Å²) >= 11 is 0. The second kappa shape index (κ2) is 2.74. The first-order valence-electron chi connectivity index (χ1n) is 2.97. The number of nitrogens with zero attached hydrogens (tertiary/aromatic N) is 5. The van der Waals surface area contributed by atoms with Gasteiger partial charge in [-0.05, 0) is 0 Å². The first-order valence-corrected chi connectivity index (χ1v) is 2.97. The van der Waals surface area contributed by atoms with Crippen molar-refractivity contribution in [3.63, 3.8) is 0 Å². The van der Waals surface area contributed by atoms with Crippen molar-refractivity contribution in [1.29, 1.82) is 15.8 Å². The molecule has 0 aliphatic carbocycles. The molecule has 0 bridgehead atoms. The van der Waals surface area contributed by atoms with E-state index in [0.717, 1.165) is 0 Å². The van der Waals surface area contributed by atoms with Crippen molar-refractivity contribution in [1.82, 2.24) is 0 Å². The molecular formula is C7H2N5+. The average Bonchev–Trinajstić information content (AvgIpc) is 2.62. The Morgan fingerprint density at radius 1 is 1.00 bits per heavy atom. The summed E-state index contributed by atoms with van der Waals surface area (Å²) in [5.74, 6) is 0. The summed E-state index contributed by atoms with van der Waals surface area (Å²) in [6.45, 7) is 0. The molecule has 5 heteroatoms. The van der Waals surface area contributed by atoms with Gasteiger partial charge in [0.25, 0.3) is 6.17 Å². The van der Waals surface area contributed by atoms with Gasteiger partial charge in [-0.1, -0.05) is 9.98 Å². The minimum atomic E-state index is -1.86. The van der Waals surface area contributed by atoms with Crippen LogP contribution in [0.25, 0.3) is 0 Å². The van der Waals surface area contributed by atoms with E-state index in [-0.39, 0.29) is 6.17 Å². The summed E-state index contributed by atoms with van der Waals surface area (Å²) in [7, 11) is 0. The number of aliphatic imine (C=N–C) groups is 2. The first-order chi connectivity index (χ1) is 5.79. The van der Waals surface area contributed by atoms with Gasteiger partial charge in [0.2, 0.25) is 0 Å². The van der Waals surface area contributed by atoms with Crippen molar-refractivity contribution >= 4 is 12.4 Å². The second-order valence-corrected chi connectivity index (χ2v) is 1.97. The zero-order valence-electron chi connectivity index (χ0n) is 5.89. The highest BCUT2D eigenvalue weighted by molar-refractivity contribution is 6.18. The Labute approximate surface area is 68.9 Å². The third-order valence-electron chi connectivity index (χ3n) is 1.30. The third kappa shape index (κ3) is 0.885. The molecule has 0 spiro atoms. The van der Waals surface area contributed by atoms with Crippen LogP contribution in [0.3, 0.4) is 0 Å². The van der Waals surface area contributed by atoms with Gasteiger partial charge in [0.1, 0.15) is 18.2 Å². The van der Waals surface area contributed by atoms with E-state index in [9.17, 15) is 0 Å². The van der Waals surface area contributed by atoms with Gasteiger partial charge in [-0.2, -0.15) is 15.8 Å². The van der Waals surface area contributed by atoms with Crippen molar-refractivity contribution in [2.24, 2.45) is 15.4 Å². The van der Waals surface area contributed by atoms with E-state index in [2.05, 4.69) is 9.98 Å². The van der Waals surface area contributed by atoms with E-state index < -0.39 is 5.41 Å². The van der Waals surface area contributed by atoms with Gasteiger partial charge in [0, 0.05) is 0 Å². The van der Waals surface area contributed by atoms with Crippen LogP contribution >= 0.6 is 0 Å². The van der Waals surface area contributed by atoms with E-state index in [0.29, 0.717) is 0 Å². The van der Waals surface area contributed by atoms with Crippen LogP contribution in [0, 0.1) is 45.6 Å². The highest BCUT2D eigenvalue weighted by Gasteiger charge is 2.48. The van der Waals surface area contributed by atoms with E-state index in [1.807, 2.05) is 0 Å². The summed E-state index contributed by atoms with van der Waals surface area (Å²) in [5.41, 5.74) is -1.86. The molecule has 5 nitrogen and oxygen atoms in total. The van der Waals surface area contributed by atoms with Crippen LogP contribution in [0.2, 0.25) is 0 Å². The molecule has 0 aromatic heterocycles. The van der Waals surface area contributed by atoms with Crippen LogP contribution in [0.5, 0.6) is 0 Å². The SMILES string of the molecule is N#CC(C#N)(C#N)[C+]1N=CC=N1. The Morgan fingerprint density at radius 2 is 1.42 bits per heavy atom. The summed E-state index contributed by atoms with van der Waals surface area (Å²) < 4.78 is 0. The molecule has 0 saturated carbocycles. The predicted octanol–water partition coefficient (Wildman–Crippen LogP) is 0.188. The molecule has 0 amide bonds. The molecule has 1 rings (SSSR count). The highest BCUT2D eigenvalue weighted by atomic mass is 15.1.